The molecule has 0 aliphatic carbocycles. The highest BCUT2D eigenvalue weighted by molar-refractivity contribution is 7.80. The van der Waals surface area contributed by atoms with Crippen LogP contribution in [-0.2, 0) is 17.7 Å². The lowest BCUT2D eigenvalue weighted by Crippen LogP contribution is -2.21. The largest absolute Gasteiger partial charge is 0.465 e. The molecule has 0 radical (unpaired) electrons. The minimum atomic E-state index is -0.378. The average Bonchev–Trinajstić information content (AvgIpc) is 3.25. The summed E-state index contributed by atoms with van der Waals surface area (Å²) in [4.78, 5) is 17.5. The second kappa shape index (κ2) is 9.15. The van der Waals surface area contributed by atoms with Crippen molar-refractivity contribution in [3.8, 4) is 0 Å². The zero-order chi connectivity index (χ0) is 21.0. The molecule has 29 heavy (non-hydrogen) atoms. The first kappa shape index (κ1) is 20.9. The smallest absolute Gasteiger partial charge is 0.341 e. The van der Waals surface area contributed by atoms with Crippen LogP contribution in [0, 0.1) is 13.8 Å². The summed E-state index contributed by atoms with van der Waals surface area (Å²) in [7, 11) is 1.37. The molecule has 3 rings (SSSR count). The number of esters is 1. The van der Waals surface area contributed by atoms with E-state index in [9.17, 15) is 4.79 Å². The van der Waals surface area contributed by atoms with Crippen LogP contribution in [0.5, 0.6) is 0 Å². The number of methoxy groups -OCH3 is 1. The lowest BCUT2D eigenvalue weighted by molar-refractivity contribution is 0.0601. The van der Waals surface area contributed by atoms with Crippen LogP contribution in [0.1, 0.15) is 38.8 Å². The van der Waals surface area contributed by atoms with Gasteiger partial charge >= 0.3 is 5.97 Å². The maximum atomic E-state index is 12.2. The number of thiophene rings is 1. The van der Waals surface area contributed by atoms with Crippen molar-refractivity contribution >= 4 is 45.6 Å². The highest BCUT2D eigenvalue weighted by atomic mass is 32.1. The number of thiocarbonyl (C=S) groups is 1. The van der Waals surface area contributed by atoms with Crippen LogP contribution in [0.15, 0.2) is 30.6 Å². The number of hydrogen-bond donors (Lipinski definition) is 2. The van der Waals surface area contributed by atoms with E-state index in [-0.39, 0.29) is 5.97 Å². The van der Waals surface area contributed by atoms with E-state index in [1.54, 1.807) is 11.0 Å². The normalized spacial score (nSPS) is 10.6. The molecule has 1 aromatic carbocycles. The third-order valence-electron chi connectivity index (χ3n) is 4.41. The molecule has 0 atom stereocenters. The molecular weight excluding hydrogens is 406 g/mol. The maximum absolute atomic E-state index is 12.2. The van der Waals surface area contributed by atoms with E-state index in [0.717, 1.165) is 22.4 Å². The van der Waals surface area contributed by atoms with E-state index >= 15 is 0 Å². The van der Waals surface area contributed by atoms with Crippen LogP contribution < -0.4 is 10.6 Å². The number of carbonyl (C=O) groups is 1. The summed E-state index contributed by atoms with van der Waals surface area (Å²) in [5.74, 6) is 0.00947. The summed E-state index contributed by atoms with van der Waals surface area (Å²) in [6.07, 6.45) is 2.38. The Bertz CT molecular complexity index is 1020. The van der Waals surface area contributed by atoms with Crippen LogP contribution in [0.4, 0.5) is 10.9 Å². The molecule has 0 unspecified atom stereocenters. The van der Waals surface area contributed by atoms with Crippen LogP contribution in [-0.4, -0.2) is 33.0 Å². The van der Waals surface area contributed by atoms with Crippen molar-refractivity contribution in [3.05, 3.63) is 57.7 Å². The standard InChI is InChI=1S/C20H23N5O2S2/c1-5-15-13(3)29-17(16(15)18(26)27-4)22-20(28)23-19-21-11-25(24-19)10-14-8-6-12(2)7-9-14/h6-9,11H,5,10H2,1-4H3,(H2,22,23,24,28). The van der Waals surface area contributed by atoms with Crippen molar-refractivity contribution in [2.75, 3.05) is 17.7 Å². The van der Waals surface area contributed by atoms with E-state index in [4.69, 9.17) is 17.0 Å². The minimum Gasteiger partial charge on any atom is -0.465 e. The number of nitrogens with zero attached hydrogens (tertiary/aromatic N) is 3. The number of anilines is 2. The summed E-state index contributed by atoms with van der Waals surface area (Å²) in [6, 6.07) is 8.26. The average molecular weight is 430 g/mol. The molecule has 0 saturated carbocycles. The monoisotopic (exact) mass is 429 g/mol. The van der Waals surface area contributed by atoms with Gasteiger partial charge in [0.2, 0.25) is 5.95 Å². The van der Waals surface area contributed by atoms with Gasteiger partial charge in [0.15, 0.2) is 5.11 Å². The Hall–Kier alpha value is -2.78. The van der Waals surface area contributed by atoms with Crippen molar-refractivity contribution in [1.29, 1.82) is 0 Å². The van der Waals surface area contributed by atoms with Crippen LogP contribution >= 0.6 is 23.6 Å². The van der Waals surface area contributed by atoms with Gasteiger partial charge in [0.05, 0.1) is 19.2 Å². The zero-order valence-corrected chi connectivity index (χ0v) is 18.4. The van der Waals surface area contributed by atoms with Crippen molar-refractivity contribution in [1.82, 2.24) is 14.8 Å². The molecule has 0 fully saturated rings. The van der Waals surface area contributed by atoms with E-state index in [2.05, 4.69) is 51.9 Å². The quantitative estimate of drug-likeness (QED) is 0.450. The molecule has 0 bridgehead atoms. The van der Waals surface area contributed by atoms with Gasteiger partial charge in [-0.05, 0) is 43.6 Å². The molecular formula is C20H23N5O2S2. The molecule has 0 aliphatic heterocycles. The Morgan fingerprint density at radius 1 is 1.24 bits per heavy atom. The van der Waals surface area contributed by atoms with Crippen LogP contribution in [0.25, 0.3) is 0 Å². The molecule has 3 aromatic rings. The Kier molecular flexibility index (Phi) is 6.60. The fraction of sp³-hybridized carbons (Fsp3) is 0.300. The van der Waals surface area contributed by atoms with Gasteiger partial charge in [0, 0.05) is 4.88 Å². The molecule has 2 heterocycles. The molecule has 0 amide bonds. The number of ether oxygens (including phenoxy) is 1. The van der Waals surface area contributed by atoms with Crippen LogP contribution in [0.3, 0.4) is 0 Å². The molecule has 0 spiro atoms. The van der Waals surface area contributed by atoms with Gasteiger partial charge in [0.25, 0.3) is 0 Å². The number of benzene rings is 1. The predicted molar refractivity (Wildman–Crippen MR) is 120 cm³/mol. The Labute approximate surface area is 179 Å². The van der Waals surface area contributed by atoms with Crippen molar-refractivity contribution in [3.63, 3.8) is 0 Å². The van der Waals surface area contributed by atoms with E-state index in [1.807, 2.05) is 13.8 Å². The van der Waals surface area contributed by atoms with Gasteiger partial charge in [-0.3, -0.25) is 5.32 Å². The van der Waals surface area contributed by atoms with E-state index < -0.39 is 0 Å². The second-order valence-electron chi connectivity index (χ2n) is 6.52. The highest BCUT2D eigenvalue weighted by Crippen LogP contribution is 2.34. The summed E-state index contributed by atoms with van der Waals surface area (Å²) in [5, 5.41) is 11.4. The number of nitrogens with one attached hydrogen (secondary N) is 2. The van der Waals surface area contributed by atoms with Gasteiger partial charge in [-0.25, -0.2) is 14.5 Å². The second-order valence-corrected chi connectivity index (χ2v) is 8.15. The van der Waals surface area contributed by atoms with E-state index in [1.165, 1.54) is 24.0 Å². The number of rotatable bonds is 6. The molecule has 0 aliphatic rings. The fourth-order valence-electron chi connectivity index (χ4n) is 2.96. The van der Waals surface area contributed by atoms with Gasteiger partial charge in [0.1, 0.15) is 11.3 Å². The molecule has 2 aromatic heterocycles. The minimum absolute atomic E-state index is 0.312. The zero-order valence-electron chi connectivity index (χ0n) is 16.8. The van der Waals surface area contributed by atoms with Crippen molar-refractivity contribution in [2.45, 2.75) is 33.7 Å². The molecule has 7 nitrogen and oxygen atoms in total. The first-order chi connectivity index (χ1) is 13.9. The Morgan fingerprint density at radius 2 is 1.97 bits per heavy atom. The number of carbonyl (C=O) groups excluding carboxylic acids is 1. The Morgan fingerprint density at radius 3 is 2.62 bits per heavy atom. The van der Waals surface area contributed by atoms with E-state index in [0.29, 0.717) is 28.2 Å². The topological polar surface area (TPSA) is 81.1 Å². The maximum Gasteiger partial charge on any atom is 0.341 e. The lowest BCUT2D eigenvalue weighted by Gasteiger charge is -2.09. The first-order valence-electron chi connectivity index (χ1n) is 9.14. The summed E-state index contributed by atoms with van der Waals surface area (Å²) >= 11 is 6.86. The predicted octanol–water partition coefficient (Wildman–Crippen LogP) is 4.16. The van der Waals surface area contributed by atoms with Crippen molar-refractivity contribution < 1.29 is 9.53 Å². The highest BCUT2D eigenvalue weighted by Gasteiger charge is 2.22. The molecule has 152 valence electrons. The van der Waals surface area contributed by atoms with Gasteiger partial charge in [-0.1, -0.05) is 36.8 Å². The summed E-state index contributed by atoms with van der Waals surface area (Å²) in [5.41, 5.74) is 3.84. The van der Waals surface area contributed by atoms with Gasteiger partial charge in [-0.15, -0.1) is 16.4 Å². The first-order valence-corrected chi connectivity index (χ1v) is 10.4. The van der Waals surface area contributed by atoms with Crippen LogP contribution in [0.2, 0.25) is 0 Å². The number of aryl methyl sites for hydroxylation is 2. The molecule has 2 N–H and O–H groups in total. The third-order valence-corrected chi connectivity index (χ3v) is 5.67. The SMILES string of the molecule is CCc1c(C)sc(NC(=S)Nc2ncn(Cc3ccc(C)cc3)n2)c1C(=O)OC. The Balaban J connectivity index is 1.68. The summed E-state index contributed by atoms with van der Waals surface area (Å²) < 4.78 is 6.67. The molecule has 0 saturated heterocycles. The fourth-order valence-corrected chi connectivity index (χ4v) is 4.35. The number of hydrogen-bond acceptors (Lipinski definition) is 6. The molecule has 9 heteroatoms. The van der Waals surface area contributed by atoms with Crippen molar-refractivity contribution in [2.24, 2.45) is 0 Å². The summed E-state index contributed by atoms with van der Waals surface area (Å²) in [6.45, 7) is 6.66. The third kappa shape index (κ3) is 4.99. The van der Waals surface area contributed by atoms with Gasteiger partial charge < -0.3 is 10.1 Å². The number of aromatic nitrogens is 3. The van der Waals surface area contributed by atoms with Gasteiger partial charge in [-0.2, -0.15) is 0 Å². The lowest BCUT2D eigenvalue weighted by atomic mass is 10.1.